The molecule has 0 radical (unpaired) electrons. The molecular weight excluding hydrogens is 548 g/mol. The predicted octanol–water partition coefficient (Wildman–Crippen LogP) is 3.14. The van der Waals surface area contributed by atoms with Crippen molar-refractivity contribution in [2.24, 2.45) is 0 Å². The first-order valence-corrected chi connectivity index (χ1v) is 12.6. The van der Waals surface area contributed by atoms with E-state index in [-0.39, 0.29) is 67.2 Å². The molecule has 220 valence electrons. The third-order valence-corrected chi connectivity index (χ3v) is 6.95. The van der Waals surface area contributed by atoms with Crippen molar-refractivity contribution >= 4 is 6.09 Å². The van der Waals surface area contributed by atoms with Gasteiger partial charge in [-0.15, -0.1) is 0 Å². The normalized spacial score (nSPS) is 21.4. The summed E-state index contributed by atoms with van der Waals surface area (Å²) in [5, 5.41) is 32.5. The number of amides is 1. The monoisotopic (exact) mass is 577 g/mol. The number of hydrogen-bond acceptors (Lipinski definition) is 7. The van der Waals surface area contributed by atoms with Crippen LogP contribution in [-0.2, 0) is 19.4 Å². The van der Waals surface area contributed by atoms with Crippen LogP contribution in [0, 0.1) is 5.82 Å². The second-order valence-corrected chi connectivity index (χ2v) is 10.1. The average Bonchev–Trinajstić information content (AvgIpc) is 2.84. The van der Waals surface area contributed by atoms with Crippen LogP contribution in [0.15, 0.2) is 24.3 Å². The molecule has 2 unspecified atom stereocenters. The fourth-order valence-electron chi connectivity index (χ4n) is 5.11. The molecule has 1 fully saturated rings. The fourth-order valence-corrected chi connectivity index (χ4v) is 5.11. The minimum Gasteiger partial charge on any atom is -0.465 e. The van der Waals surface area contributed by atoms with Crippen molar-refractivity contribution < 1.29 is 46.5 Å². The largest absolute Gasteiger partial charge is 0.465 e. The number of alkyl halides is 5. The molecule has 9 nitrogen and oxygen atoms in total. The third-order valence-electron chi connectivity index (χ3n) is 6.95. The first-order chi connectivity index (χ1) is 18.7. The summed E-state index contributed by atoms with van der Waals surface area (Å²) < 4.78 is 81.6. The number of rotatable bonds is 8. The molecule has 2 aliphatic heterocycles. The number of carboxylic acid groups (broad SMARTS) is 1. The van der Waals surface area contributed by atoms with Crippen LogP contribution in [-0.4, -0.2) is 91.4 Å². The minimum atomic E-state index is -4.57. The zero-order valence-electron chi connectivity index (χ0n) is 21.2. The summed E-state index contributed by atoms with van der Waals surface area (Å²) in [5.41, 5.74) is 0.385. The molecule has 0 saturated carbocycles. The van der Waals surface area contributed by atoms with Gasteiger partial charge in [-0.05, 0) is 30.5 Å². The summed E-state index contributed by atoms with van der Waals surface area (Å²) in [7, 11) is 0. The Labute approximate surface area is 225 Å². The number of piperidine rings is 1. The number of nitrogens with one attached hydrogen (secondary N) is 1. The molecule has 15 heteroatoms. The highest BCUT2D eigenvalue weighted by atomic mass is 19.4. The van der Waals surface area contributed by atoms with E-state index in [1.807, 2.05) is 0 Å². The standard InChI is InChI=1S/C25H29F6N5O4/c26-15-3-1-2-14(8-15)22-33-18(10-25(29,30)31)17-5-7-35(12-19(17)34-22)21(38)9-16(32-23(39)40)11-36-13-24(27,28)6-4-20(36)37/h1-3,8,16,20-21,32,37-38H,4-7,9-13H2,(H,39,40)/t16-,20?,21?/m0/s1. The maximum Gasteiger partial charge on any atom is 0.404 e. The summed E-state index contributed by atoms with van der Waals surface area (Å²) in [6, 6.07) is 4.04. The molecule has 2 aliphatic rings. The Morgan fingerprint density at radius 1 is 1.25 bits per heavy atom. The van der Waals surface area contributed by atoms with Gasteiger partial charge in [0.25, 0.3) is 5.92 Å². The van der Waals surface area contributed by atoms with Gasteiger partial charge in [0, 0.05) is 44.1 Å². The Hall–Kier alpha value is -3.01. The van der Waals surface area contributed by atoms with Crippen LogP contribution in [0.4, 0.5) is 31.1 Å². The van der Waals surface area contributed by atoms with Crippen LogP contribution in [0.25, 0.3) is 11.4 Å². The number of benzene rings is 1. The number of likely N-dealkylation sites (tertiary alicyclic amines) is 1. The van der Waals surface area contributed by atoms with Gasteiger partial charge in [-0.25, -0.2) is 27.9 Å². The zero-order chi connectivity index (χ0) is 29.2. The molecule has 1 aromatic carbocycles. The SMILES string of the molecule is O=C(O)N[C@@H](CC(O)N1CCc2c(nc(-c3cccc(F)c3)nc2CC(F)(F)F)C1)CN1CC(F)(F)CCC1O. The Bertz CT molecular complexity index is 1220. The van der Waals surface area contributed by atoms with E-state index >= 15 is 0 Å². The summed E-state index contributed by atoms with van der Waals surface area (Å²) in [5.74, 6) is -3.80. The van der Waals surface area contributed by atoms with Crippen molar-refractivity contribution in [1.82, 2.24) is 25.1 Å². The van der Waals surface area contributed by atoms with Gasteiger partial charge in [0.2, 0.25) is 0 Å². The quantitative estimate of drug-likeness (QED) is 0.353. The van der Waals surface area contributed by atoms with E-state index in [0.717, 1.165) is 11.0 Å². The average molecular weight is 578 g/mol. The first kappa shape index (κ1) is 30.0. The maximum absolute atomic E-state index is 13.9. The Morgan fingerprint density at radius 2 is 2.00 bits per heavy atom. The molecule has 0 spiro atoms. The number of aromatic nitrogens is 2. The van der Waals surface area contributed by atoms with Crippen molar-refractivity contribution in [3.63, 3.8) is 0 Å². The van der Waals surface area contributed by atoms with Crippen molar-refractivity contribution in [1.29, 1.82) is 0 Å². The molecule has 2 aromatic rings. The van der Waals surface area contributed by atoms with E-state index in [9.17, 15) is 46.5 Å². The molecule has 4 N–H and O–H groups in total. The van der Waals surface area contributed by atoms with Crippen LogP contribution in [0.3, 0.4) is 0 Å². The third kappa shape index (κ3) is 7.80. The molecule has 1 aromatic heterocycles. The van der Waals surface area contributed by atoms with Crippen LogP contribution in [0.2, 0.25) is 0 Å². The molecule has 1 saturated heterocycles. The Morgan fingerprint density at radius 3 is 2.67 bits per heavy atom. The van der Waals surface area contributed by atoms with Crippen LogP contribution in [0.5, 0.6) is 0 Å². The molecular formula is C25H29F6N5O4. The predicted molar refractivity (Wildman–Crippen MR) is 129 cm³/mol. The van der Waals surface area contributed by atoms with Gasteiger partial charge in [-0.3, -0.25) is 9.80 Å². The number of fused-ring (bicyclic) bond motifs is 1. The van der Waals surface area contributed by atoms with Gasteiger partial charge in [0.1, 0.15) is 18.3 Å². The van der Waals surface area contributed by atoms with Crippen molar-refractivity contribution in [2.45, 2.75) is 69.2 Å². The lowest BCUT2D eigenvalue weighted by Crippen LogP contribution is -2.55. The molecule has 0 bridgehead atoms. The second kappa shape index (κ2) is 11.8. The van der Waals surface area contributed by atoms with Gasteiger partial charge < -0.3 is 20.6 Å². The number of aliphatic hydroxyl groups excluding tert-OH is 2. The number of carbonyl (C=O) groups is 1. The number of halogens is 6. The summed E-state index contributed by atoms with van der Waals surface area (Å²) in [6.07, 6.45) is -10.8. The topological polar surface area (TPSA) is 122 Å². The van der Waals surface area contributed by atoms with Crippen molar-refractivity contribution in [3.8, 4) is 11.4 Å². The van der Waals surface area contributed by atoms with Gasteiger partial charge in [-0.2, -0.15) is 13.2 Å². The van der Waals surface area contributed by atoms with Gasteiger partial charge >= 0.3 is 12.3 Å². The Balaban J connectivity index is 1.55. The molecule has 40 heavy (non-hydrogen) atoms. The molecule has 0 aliphatic carbocycles. The lowest BCUT2D eigenvalue weighted by molar-refractivity contribution is -0.137. The summed E-state index contributed by atoms with van der Waals surface area (Å²) in [6.45, 7) is -1.10. The van der Waals surface area contributed by atoms with Crippen molar-refractivity contribution in [2.75, 3.05) is 19.6 Å². The highest BCUT2D eigenvalue weighted by molar-refractivity contribution is 5.64. The number of aliphatic hydroxyl groups is 2. The highest BCUT2D eigenvalue weighted by Crippen LogP contribution is 2.31. The van der Waals surface area contributed by atoms with E-state index in [0.29, 0.717) is 0 Å². The van der Waals surface area contributed by atoms with Crippen LogP contribution >= 0.6 is 0 Å². The van der Waals surface area contributed by atoms with E-state index in [1.54, 1.807) is 0 Å². The lowest BCUT2D eigenvalue weighted by Gasteiger charge is -2.39. The Kier molecular flexibility index (Phi) is 8.87. The van der Waals surface area contributed by atoms with Crippen LogP contribution in [0.1, 0.15) is 36.2 Å². The molecule has 4 rings (SSSR count). The number of nitrogens with zero attached hydrogens (tertiary/aromatic N) is 4. The zero-order valence-corrected chi connectivity index (χ0v) is 21.2. The summed E-state index contributed by atoms with van der Waals surface area (Å²) >= 11 is 0. The summed E-state index contributed by atoms with van der Waals surface area (Å²) in [4.78, 5) is 22.3. The lowest BCUT2D eigenvalue weighted by atomic mass is 9.99. The molecule has 3 heterocycles. The van der Waals surface area contributed by atoms with E-state index < -0.39 is 61.9 Å². The minimum absolute atomic E-state index is 0.0509. The smallest absolute Gasteiger partial charge is 0.404 e. The first-order valence-electron chi connectivity index (χ1n) is 12.6. The van der Waals surface area contributed by atoms with Gasteiger partial charge in [-0.1, -0.05) is 12.1 Å². The molecule has 1 amide bonds. The number of hydrogen-bond donors (Lipinski definition) is 4. The second-order valence-electron chi connectivity index (χ2n) is 10.1. The van der Waals surface area contributed by atoms with Crippen molar-refractivity contribution in [3.05, 3.63) is 47.0 Å². The van der Waals surface area contributed by atoms with E-state index in [1.165, 1.54) is 23.1 Å². The van der Waals surface area contributed by atoms with Gasteiger partial charge in [0.05, 0.1) is 24.4 Å². The van der Waals surface area contributed by atoms with E-state index in [4.69, 9.17) is 0 Å². The maximum atomic E-state index is 13.9. The molecule has 3 atom stereocenters. The van der Waals surface area contributed by atoms with E-state index in [2.05, 4.69) is 15.3 Å². The fraction of sp³-hybridized carbons (Fsp3) is 0.560. The highest BCUT2D eigenvalue weighted by Gasteiger charge is 2.41. The van der Waals surface area contributed by atoms with Gasteiger partial charge in [0.15, 0.2) is 5.82 Å². The van der Waals surface area contributed by atoms with Crippen LogP contribution < -0.4 is 5.32 Å².